The summed E-state index contributed by atoms with van der Waals surface area (Å²) in [7, 11) is 0. The normalized spacial score (nSPS) is 13.9. The zero-order valence-electron chi connectivity index (χ0n) is 36.8. The standard InChI is InChI=1S/C36H60F11N5O15/c1-32(37,38)28-66-34(42,35(43,44)45)36(46,47)67-30(33(39,40)41)31(54)50-4-8-57-12-16-61-20-24-64-23-19-60-15-11-56-7-3-49-29(53)2-6-55-10-14-59-18-22-63-26-27-65-25-21-62-17-13-58-9-5-51-52-48/h30H,2-28H2,1H3,(H,49,53)(H,50,54). The van der Waals surface area contributed by atoms with Crippen LogP contribution in [0.4, 0.5) is 48.3 Å². The average molecular weight is 1010 g/mol. The summed E-state index contributed by atoms with van der Waals surface area (Å²) in [6.45, 7) is 2.08. The maximum atomic E-state index is 14.2. The van der Waals surface area contributed by atoms with Gasteiger partial charge in [-0.2, -0.15) is 39.5 Å². The summed E-state index contributed by atoms with van der Waals surface area (Å²) in [4.78, 5) is 26.4. The Balaban J connectivity index is 3.71. The van der Waals surface area contributed by atoms with Crippen molar-refractivity contribution in [3.63, 3.8) is 0 Å². The summed E-state index contributed by atoms with van der Waals surface area (Å²) in [6.07, 6.45) is -23.8. The highest BCUT2D eigenvalue weighted by molar-refractivity contribution is 5.81. The first kappa shape index (κ1) is 64.0. The zero-order chi connectivity index (χ0) is 50.3. The van der Waals surface area contributed by atoms with Gasteiger partial charge in [0, 0.05) is 37.9 Å². The molecule has 0 aromatic rings. The van der Waals surface area contributed by atoms with Crippen molar-refractivity contribution in [3.05, 3.63) is 10.4 Å². The van der Waals surface area contributed by atoms with Gasteiger partial charge >= 0.3 is 24.3 Å². The van der Waals surface area contributed by atoms with Crippen LogP contribution in [0.3, 0.4) is 0 Å². The van der Waals surface area contributed by atoms with E-state index in [0.717, 1.165) is 0 Å². The lowest BCUT2D eigenvalue weighted by atomic mass is 10.2. The first-order valence-corrected chi connectivity index (χ1v) is 20.5. The van der Waals surface area contributed by atoms with Crippen molar-refractivity contribution in [2.45, 2.75) is 49.7 Å². The molecule has 2 atom stereocenters. The van der Waals surface area contributed by atoms with Gasteiger partial charge in [0.15, 0.2) is 0 Å². The Morgan fingerprint density at radius 2 is 0.866 bits per heavy atom. The van der Waals surface area contributed by atoms with E-state index >= 15 is 0 Å². The Bertz CT molecular complexity index is 1310. The second-order valence-electron chi connectivity index (χ2n) is 13.1. The molecule has 0 spiro atoms. The minimum Gasteiger partial charge on any atom is -0.379 e. The topological polar surface area (TPSA) is 227 Å². The quantitative estimate of drug-likeness (QED) is 0.0292. The van der Waals surface area contributed by atoms with Crippen LogP contribution in [0.25, 0.3) is 10.4 Å². The number of ether oxygens (including phenoxy) is 13. The predicted molar refractivity (Wildman–Crippen MR) is 206 cm³/mol. The van der Waals surface area contributed by atoms with E-state index in [0.29, 0.717) is 72.7 Å². The van der Waals surface area contributed by atoms with Crippen LogP contribution in [0.5, 0.6) is 0 Å². The predicted octanol–water partition coefficient (Wildman–Crippen LogP) is 3.54. The number of azide groups is 1. The number of amides is 2. The summed E-state index contributed by atoms with van der Waals surface area (Å²) >= 11 is 0. The van der Waals surface area contributed by atoms with E-state index in [1.807, 2.05) is 0 Å². The van der Waals surface area contributed by atoms with E-state index in [1.54, 1.807) is 0 Å². The fourth-order valence-corrected chi connectivity index (χ4v) is 4.24. The third kappa shape index (κ3) is 34.8. The molecule has 396 valence electrons. The van der Waals surface area contributed by atoms with Crippen molar-refractivity contribution in [1.29, 1.82) is 0 Å². The molecule has 0 rings (SSSR count). The number of hydrogen-bond donors (Lipinski definition) is 2. The van der Waals surface area contributed by atoms with Crippen LogP contribution in [0.2, 0.25) is 0 Å². The molecule has 0 saturated carbocycles. The first-order valence-electron chi connectivity index (χ1n) is 20.5. The molecule has 2 N–H and O–H groups in total. The fourth-order valence-electron chi connectivity index (χ4n) is 4.24. The number of nitrogens with one attached hydrogen (secondary N) is 2. The number of rotatable bonds is 46. The molecule has 0 aromatic carbocycles. The molecule has 67 heavy (non-hydrogen) atoms. The average Bonchev–Trinajstić information content (AvgIpc) is 3.24. The number of halogens is 11. The summed E-state index contributed by atoms with van der Waals surface area (Å²) < 4.78 is 211. The minimum absolute atomic E-state index is 0.0691. The van der Waals surface area contributed by atoms with Gasteiger partial charge in [-0.1, -0.05) is 5.11 Å². The molecule has 0 saturated heterocycles. The lowest BCUT2D eigenvalue weighted by molar-refractivity contribution is -0.474. The van der Waals surface area contributed by atoms with Gasteiger partial charge in [-0.3, -0.25) is 14.3 Å². The second kappa shape index (κ2) is 37.8. The van der Waals surface area contributed by atoms with E-state index < -0.39 is 62.0 Å². The zero-order valence-corrected chi connectivity index (χ0v) is 36.8. The van der Waals surface area contributed by atoms with Gasteiger partial charge in [0.25, 0.3) is 11.8 Å². The van der Waals surface area contributed by atoms with E-state index in [-0.39, 0.29) is 98.4 Å². The Kier molecular flexibility index (Phi) is 36.1. The third-order valence-electron chi connectivity index (χ3n) is 7.40. The van der Waals surface area contributed by atoms with Crippen molar-refractivity contribution in [2.75, 3.05) is 172 Å². The van der Waals surface area contributed by atoms with E-state index in [9.17, 15) is 57.9 Å². The second-order valence-corrected chi connectivity index (χ2v) is 13.1. The molecule has 0 aliphatic rings. The van der Waals surface area contributed by atoms with Gasteiger partial charge in [0.05, 0.1) is 145 Å². The van der Waals surface area contributed by atoms with Crippen LogP contribution >= 0.6 is 0 Å². The Morgan fingerprint density at radius 1 is 0.522 bits per heavy atom. The molecule has 0 radical (unpaired) electrons. The van der Waals surface area contributed by atoms with Crippen LogP contribution < -0.4 is 10.6 Å². The summed E-state index contributed by atoms with van der Waals surface area (Å²) in [5, 5.41) is 7.46. The van der Waals surface area contributed by atoms with Gasteiger partial charge in [-0.05, 0) is 5.53 Å². The molecule has 0 aliphatic heterocycles. The maximum Gasteiger partial charge on any atom is 0.457 e. The number of carbonyl (C=O) groups excluding carboxylic acids is 2. The van der Waals surface area contributed by atoms with Gasteiger partial charge < -0.3 is 67.5 Å². The first-order chi connectivity index (χ1) is 31.7. The number of carbonyl (C=O) groups is 2. The van der Waals surface area contributed by atoms with Crippen LogP contribution in [0.1, 0.15) is 13.3 Å². The highest BCUT2D eigenvalue weighted by atomic mass is 19.4. The van der Waals surface area contributed by atoms with Crippen LogP contribution in [0, 0.1) is 0 Å². The molecular weight excluding hydrogens is 951 g/mol. The van der Waals surface area contributed by atoms with Gasteiger partial charge in [0.1, 0.15) is 6.61 Å². The third-order valence-corrected chi connectivity index (χ3v) is 7.40. The van der Waals surface area contributed by atoms with Crippen molar-refractivity contribution in [1.82, 2.24) is 10.6 Å². The van der Waals surface area contributed by atoms with Crippen molar-refractivity contribution < 1.29 is 119 Å². The Morgan fingerprint density at radius 3 is 1.21 bits per heavy atom. The molecule has 0 aliphatic carbocycles. The van der Waals surface area contributed by atoms with E-state index in [2.05, 4.69) is 24.8 Å². The molecule has 0 aromatic heterocycles. The lowest BCUT2D eigenvalue weighted by Crippen LogP contribution is -2.62. The van der Waals surface area contributed by atoms with E-state index in [1.165, 1.54) is 5.32 Å². The van der Waals surface area contributed by atoms with Crippen LogP contribution in [0.15, 0.2) is 5.11 Å². The Hall–Kier alpha value is -3.04. The largest absolute Gasteiger partial charge is 0.457 e. The summed E-state index contributed by atoms with van der Waals surface area (Å²) in [5.74, 6) is -13.5. The van der Waals surface area contributed by atoms with Crippen molar-refractivity contribution >= 4 is 11.8 Å². The monoisotopic (exact) mass is 1010 g/mol. The highest BCUT2D eigenvalue weighted by Gasteiger charge is 2.76. The van der Waals surface area contributed by atoms with Crippen LogP contribution in [-0.2, 0) is 71.2 Å². The number of hydrogen-bond acceptors (Lipinski definition) is 16. The molecule has 0 bridgehead atoms. The molecule has 2 amide bonds. The number of nitrogens with zero attached hydrogens (tertiary/aromatic N) is 3. The molecule has 0 fully saturated rings. The van der Waals surface area contributed by atoms with Crippen molar-refractivity contribution in [3.8, 4) is 0 Å². The highest BCUT2D eigenvalue weighted by Crippen LogP contribution is 2.48. The van der Waals surface area contributed by atoms with Gasteiger partial charge in [0.2, 0.25) is 12.0 Å². The summed E-state index contributed by atoms with van der Waals surface area (Å²) in [5.41, 5.74) is 8.14. The van der Waals surface area contributed by atoms with E-state index in [4.69, 9.17) is 57.6 Å². The smallest absolute Gasteiger partial charge is 0.379 e. The summed E-state index contributed by atoms with van der Waals surface area (Å²) in [6, 6.07) is 0. The molecule has 0 heterocycles. The number of alkyl halides is 11. The molecule has 20 nitrogen and oxygen atoms in total. The van der Waals surface area contributed by atoms with Gasteiger partial charge in [-0.25, -0.2) is 8.78 Å². The van der Waals surface area contributed by atoms with Gasteiger partial charge in [-0.15, -0.1) is 0 Å². The lowest BCUT2D eigenvalue weighted by Gasteiger charge is -2.36. The molecule has 31 heteroatoms. The molecule has 2 unspecified atom stereocenters. The minimum atomic E-state index is -6.88. The SMILES string of the molecule is CC(F)(F)COC(F)(C(F)(F)F)C(F)(F)OC(C(=O)NCCOCCOCCOCCOCCOCCNC(=O)CCOCCOCCOCCOCCOCCOCCN=[N+]=[N-])C(F)(F)F. The maximum absolute atomic E-state index is 14.2. The van der Waals surface area contributed by atoms with Crippen LogP contribution in [-0.4, -0.2) is 220 Å². The fraction of sp³-hybridized carbons (Fsp3) is 0.944. The Labute approximate surface area is 378 Å². The molecular formula is C36H60F11N5O15. The van der Waals surface area contributed by atoms with Crippen molar-refractivity contribution in [2.24, 2.45) is 5.11 Å².